The van der Waals surface area contributed by atoms with Crippen molar-refractivity contribution in [1.82, 2.24) is 5.32 Å². The first-order valence-electron chi connectivity index (χ1n) is 6.13. The second-order valence-electron chi connectivity index (χ2n) is 4.95. The molecule has 0 aromatic rings. The highest BCUT2D eigenvalue weighted by Crippen LogP contribution is 2.25. The predicted octanol–water partition coefficient (Wildman–Crippen LogP) is 0.823. The second kappa shape index (κ2) is 5.61. The van der Waals surface area contributed by atoms with Gasteiger partial charge in [0.15, 0.2) is 9.84 Å². The number of hydrogen-bond donors (Lipinski definition) is 1. The maximum atomic E-state index is 11.8. The molecule has 2 aliphatic heterocycles. The summed E-state index contributed by atoms with van der Waals surface area (Å²) in [6.07, 6.45) is 3.46. The van der Waals surface area contributed by atoms with Crippen LogP contribution in [0.3, 0.4) is 0 Å². The van der Waals surface area contributed by atoms with E-state index in [1.54, 1.807) is 0 Å². The predicted molar refractivity (Wildman–Crippen MR) is 69.9 cm³/mol. The van der Waals surface area contributed by atoms with Crippen LogP contribution in [0.4, 0.5) is 0 Å². The third-order valence-corrected chi connectivity index (χ3v) is 6.38. The van der Waals surface area contributed by atoms with Gasteiger partial charge in [-0.3, -0.25) is 4.79 Å². The summed E-state index contributed by atoms with van der Waals surface area (Å²) in [5.74, 6) is 3.12. The lowest BCUT2D eigenvalue weighted by Gasteiger charge is -2.21. The Kier molecular flexibility index (Phi) is 4.36. The highest BCUT2D eigenvalue weighted by atomic mass is 32.2. The molecule has 2 fully saturated rings. The fourth-order valence-electron chi connectivity index (χ4n) is 2.43. The van der Waals surface area contributed by atoms with Crippen LogP contribution in [0.15, 0.2) is 0 Å². The van der Waals surface area contributed by atoms with E-state index in [4.69, 9.17) is 0 Å². The highest BCUT2D eigenvalue weighted by molar-refractivity contribution is 7.99. The number of rotatable bonds is 3. The Morgan fingerprint density at radius 3 is 2.76 bits per heavy atom. The topological polar surface area (TPSA) is 63.2 Å². The monoisotopic (exact) mass is 277 g/mol. The van der Waals surface area contributed by atoms with Crippen molar-refractivity contribution in [3.63, 3.8) is 0 Å². The van der Waals surface area contributed by atoms with Crippen molar-refractivity contribution in [3.05, 3.63) is 0 Å². The molecule has 2 heterocycles. The molecule has 6 heteroatoms. The van der Waals surface area contributed by atoms with Gasteiger partial charge in [-0.05, 0) is 36.7 Å². The van der Waals surface area contributed by atoms with Crippen LogP contribution in [0, 0.1) is 5.92 Å². The van der Waals surface area contributed by atoms with Gasteiger partial charge in [0.25, 0.3) is 0 Å². The Hall–Kier alpha value is -0.230. The normalized spacial score (nSPS) is 32.2. The molecule has 2 unspecified atom stereocenters. The molecule has 0 aromatic carbocycles. The van der Waals surface area contributed by atoms with Crippen LogP contribution in [-0.4, -0.2) is 43.4 Å². The van der Waals surface area contributed by atoms with Crippen LogP contribution in [0.25, 0.3) is 0 Å². The molecule has 0 saturated carbocycles. The fraction of sp³-hybridized carbons (Fsp3) is 0.909. The van der Waals surface area contributed by atoms with Crippen molar-refractivity contribution in [2.75, 3.05) is 23.0 Å². The minimum absolute atomic E-state index is 0.0274. The third kappa shape index (κ3) is 4.17. The lowest BCUT2D eigenvalue weighted by atomic mass is 10.0. The van der Waals surface area contributed by atoms with E-state index < -0.39 is 9.84 Å². The zero-order valence-electron chi connectivity index (χ0n) is 9.85. The van der Waals surface area contributed by atoms with Crippen LogP contribution >= 0.6 is 11.8 Å². The molecule has 0 aromatic heterocycles. The van der Waals surface area contributed by atoms with Crippen molar-refractivity contribution in [1.29, 1.82) is 0 Å². The third-order valence-electron chi connectivity index (χ3n) is 3.33. The average Bonchev–Trinajstić information content (AvgIpc) is 2.59. The molecule has 2 aliphatic rings. The van der Waals surface area contributed by atoms with Crippen LogP contribution < -0.4 is 5.32 Å². The molecule has 0 radical (unpaired) electrons. The van der Waals surface area contributed by atoms with Crippen molar-refractivity contribution in [2.24, 2.45) is 5.92 Å². The Labute approximate surface area is 107 Å². The Morgan fingerprint density at radius 1 is 1.35 bits per heavy atom. The van der Waals surface area contributed by atoms with Gasteiger partial charge >= 0.3 is 0 Å². The molecular formula is C11H19NO3S2. The van der Waals surface area contributed by atoms with Crippen LogP contribution in [0.5, 0.6) is 0 Å². The van der Waals surface area contributed by atoms with Crippen molar-refractivity contribution in [2.45, 2.75) is 31.7 Å². The summed E-state index contributed by atoms with van der Waals surface area (Å²) < 4.78 is 22.5. The first kappa shape index (κ1) is 13.2. The Morgan fingerprint density at radius 2 is 2.18 bits per heavy atom. The number of carbonyl (C=O) groups excluding carboxylic acids is 1. The number of amides is 1. The van der Waals surface area contributed by atoms with E-state index in [2.05, 4.69) is 5.32 Å². The SMILES string of the molecule is O=C(CC1CCCSC1)NC1CCS(=O)(=O)C1. The lowest BCUT2D eigenvalue weighted by Crippen LogP contribution is -2.37. The number of thioether (sulfide) groups is 1. The molecule has 0 bridgehead atoms. The smallest absolute Gasteiger partial charge is 0.220 e. The summed E-state index contributed by atoms with van der Waals surface area (Å²) >= 11 is 1.91. The highest BCUT2D eigenvalue weighted by Gasteiger charge is 2.29. The summed E-state index contributed by atoms with van der Waals surface area (Å²) in [4.78, 5) is 11.8. The molecule has 98 valence electrons. The molecule has 4 nitrogen and oxygen atoms in total. The largest absolute Gasteiger partial charge is 0.352 e. The van der Waals surface area contributed by atoms with E-state index in [1.165, 1.54) is 12.2 Å². The van der Waals surface area contributed by atoms with Crippen molar-refractivity contribution in [3.8, 4) is 0 Å². The van der Waals surface area contributed by atoms with Crippen molar-refractivity contribution < 1.29 is 13.2 Å². The van der Waals surface area contributed by atoms with E-state index in [9.17, 15) is 13.2 Å². The Bertz CT molecular complexity index is 374. The standard InChI is InChI=1S/C11H19NO3S2/c13-11(6-9-2-1-4-16-7-9)12-10-3-5-17(14,15)8-10/h9-10H,1-8H2,(H,12,13). The molecule has 0 spiro atoms. The van der Waals surface area contributed by atoms with Gasteiger partial charge in [-0.15, -0.1) is 0 Å². The number of hydrogen-bond acceptors (Lipinski definition) is 4. The van der Waals surface area contributed by atoms with E-state index in [0.29, 0.717) is 18.8 Å². The number of sulfone groups is 1. The molecule has 17 heavy (non-hydrogen) atoms. The van der Waals surface area contributed by atoms with Crippen LogP contribution in [0.1, 0.15) is 25.7 Å². The van der Waals surface area contributed by atoms with Gasteiger partial charge in [-0.2, -0.15) is 11.8 Å². The summed E-state index contributed by atoms with van der Waals surface area (Å²) in [5.41, 5.74) is 0. The van der Waals surface area contributed by atoms with Gasteiger partial charge in [0.05, 0.1) is 11.5 Å². The van der Waals surface area contributed by atoms with E-state index in [1.807, 2.05) is 11.8 Å². The molecule has 0 aliphatic carbocycles. The molecule has 1 amide bonds. The summed E-state index contributed by atoms with van der Waals surface area (Å²) in [6, 6.07) is -0.149. The quantitative estimate of drug-likeness (QED) is 0.829. The molecule has 1 N–H and O–H groups in total. The first-order chi connectivity index (χ1) is 8.05. The number of carbonyl (C=O) groups is 1. The van der Waals surface area contributed by atoms with Gasteiger partial charge in [-0.25, -0.2) is 8.42 Å². The molecular weight excluding hydrogens is 258 g/mol. The average molecular weight is 277 g/mol. The first-order valence-corrected chi connectivity index (χ1v) is 9.10. The van der Waals surface area contributed by atoms with E-state index in [-0.39, 0.29) is 23.5 Å². The van der Waals surface area contributed by atoms with E-state index >= 15 is 0 Å². The fourth-order valence-corrected chi connectivity index (χ4v) is 5.25. The molecule has 2 saturated heterocycles. The van der Waals surface area contributed by atoms with Crippen molar-refractivity contribution >= 4 is 27.5 Å². The summed E-state index contributed by atoms with van der Waals surface area (Å²) in [5, 5.41) is 2.85. The molecule has 2 rings (SSSR count). The van der Waals surface area contributed by atoms with Gasteiger partial charge < -0.3 is 5.32 Å². The maximum absolute atomic E-state index is 11.8. The zero-order chi connectivity index (χ0) is 12.3. The van der Waals surface area contributed by atoms with Gasteiger partial charge in [0.1, 0.15) is 0 Å². The van der Waals surface area contributed by atoms with Crippen LogP contribution in [-0.2, 0) is 14.6 Å². The molecule has 2 atom stereocenters. The lowest BCUT2D eigenvalue weighted by molar-refractivity contribution is -0.122. The second-order valence-corrected chi connectivity index (χ2v) is 8.33. The van der Waals surface area contributed by atoms with Gasteiger partial charge in [0, 0.05) is 12.5 Å². The zero-order valence-corrected chi connectivity index (χ0v) is 11.5. The minimum Gasteiger partial charge on any atom is -0.352 e. The summed E-state index contributed by atoms with van der Waals surface area (Å²) in [6.45, 7) is 0. The maximum Gasteiger partial charge on any atom is 0.220 e. The Balaban J connectivity index is 1.74. The van der Waals surface area contributed by atoms with Gasteiger partial charge in [0.2, 0.25) is 5.91 Å². The minimum atomic E-state index is -2.89. The van der Waals surface area contributed by atoms with Gasteiger partial charge in [-0.1, -0.05) is 0 Å². The van der Waals surface area contributed by atoms with Crippen LogP contribution in [0.2, 0.25) is 0 Å². The summed E-state index contributed by atoms with van der Waals surface area (Å²) in [7, 11) is -2.89. The number of nitrogens with one attached hydrogen (secondary N) is 1. The van der Waals surface area contributed by atoms with E-state index in [0.717, 1.165) is 12.2 Å².